The molecule has 0 spiro atoms. The van der Waals surface area contributed by atoms with Crippen LogP contribution >= 0.6 is 11.8 Å². The fourth-order valence-corrected chi connectivity index (χ4v) is 5.59. The summed E-state index contributed by atoms with van der Waals surface area (Å²) in [7, 11) is 3.12. The molecule has 2 saturated heterocycles. The molecule has 2 aliphatic rings. The second kappa shape index (κ2) is 7.39. The second-order valence-corrected chi connectivity index (χ2v) is 8.13. The minimum absolute atomic E-state index is 0.0252. The van der Waals surface area contributed by atoms with Gasteiger partial charge in [0.2, 0.25) is 11.8 Å². The first-order chi connectivity index (χ1) is 13.6. The molecule has 0 aliphatic carbocycles. The maximum atomic E-state index is 13.1. The smallest absolute Gasteiger partial charge is 0.248 e. The largest absolute Gasteiger partial charge is 0.497 e. The molecule has 2 aromatic carbocycles. The van der Waals surface area contributed by atoms with Crippen LogP contribution < -0.4 is 14.8 Å². The highest BCUT2D eigenvalue weighted by atomic mass is 32.2. The summed E-state index contributed by atoms with van der Waals surface area (Å²) in [5, 5.41) is 2.93. The Kier molecular flexibility index (Phi) is 4.93. The van der Waals surface area contributed by atoms with E-state index in [0.717, 1.165) is 12.0 Å². The molecule has 2 aliphatic heterocycles. The highest BCUT2D eigenvalue weighted by Gasteiger charge is 2.56. The molecule has 2 atom stereocenters. The number of methoxy groups -OCH3 is 2. The number of nitrogens with zero attached hydrogens (tertiary/aromatic N) is 1. The summed E-state index contributed by atoms with van der Waals surface area (Å²) in [6, 6.07) is 14.7. The molecular weight excluding hydrogens is 376 g/mol. The number of anilines is 1. The number of ether oxygens (including phenoxy) is 2. The second-order valence-electron chi connectivity index (χ2n) is 6.83. The van der Waals surface area contributed by atoms with Gasteiger partial charge in [-0.15, -0.1) is 11.8 Å². The summed E-state index contributed by atoms with van der Waals surface area (Å²) in [4.78, 5) is 27.1. The lowest BCUT2D eigenvalue weighted by atomic mass is 10.0. The first-order valence-corrected chi connectivity index (χ1v) is 10.1. The number of hydrogen-bond acceptors (Lipinski definition) is 5. The Bertz CT molecular complexity index is 882. The van der Waals surface area contributed by atoms with E-state index in [1.54, 1.807) is 49.1 Å². The van der Waals surface area contributed by atoms with Crippen LogP contribution in [0, 0.1) is 0 Å². The lowest BCUT2D eigenvalue weighted by Crippen LogP contribution is -2.48. The molecule has 2 heterocycles. The van der Waals surface area contributed by atoms with Crippen LogP contribution in [0.2, 0.25) is 0 Å². The molecule has 0 radical (unpaired) electrons. The molecular formula is C21H22N2O4S. The number of fused-ring (bicyclic) bond motifs is 1. The van der Waals surface area contributed by atoms with Gasteiger partial charge in [-0.05, 0) is 12.0 Å². The standard InChI is InChI=1S/C21H22N2O4S/c1-26-16-10-15(11-17(12-16)27-2)22-20(25)18-13-28-21(9-8-19(24)23(18)21)14-6-4-3-5-7-14/h3-7,10-12,18H,8-9,13H2,1-2H3,(H,22,25)/t18-,21+/m1/s1. The number of amides is 2. The Hall–Kier alpha value is -2.67. The molecule has 0 saturated carbocycles. The fraction of sp³-hybridized carbons (Fsp3) is 0.333. The van der Waals surface area contributed by atoms with Crippen LogP contribution in [-0.4, -0.2) is 42.7 Å². The van der Waals surface area contributed by atoms with Gasteiger partial charge in [-0.3, -0.25) is 9.59 Å². The molecule has 28 heavy (non-hydrogen) atoms. The molecule has 0 unspecified atom stereocenters. The third-order valence-corrected chi connectivity index (χ3v) is 6.87. The van der Waals surface area contributed by atoms with Crippen molar-refractivity contribution >= 4 is 29.3 Å². The molecule has 6 nitrogen and oxygen atoms in total. The van der Waals surface area contributed by atoms with E-state index in [0.29, 0.717) is 29.4 Å². The van der Waals surface area contributed by atoms with Crippen molar-refractivity contribution in [3.63, 3.8) is 0 Å². The quantitative estimate of drug-likeness (QED) is 0.838. The molecule has 1 N–H and O–H groups in total. The molecule has 2 amide bonds. The average Bonchev–Trinajstić information content (AvgIpc) is 3.27. The van der Waals surface area contributed by atoms with E-state index in [2.05, 4.69) is 5.32 Å². The number of rotatable bonds is 5. The van der Waals surface area contributed by atoms with Crippen LogP contribution in [0.1, 0.15) is 18.4 Å². The minimum Gasteiger partial charge on any atom is -0.497 e. The van der Waals surface area contributed by atoms with Gasteiger partial charge in [0.1, 0.15) is 22.4 Å². The lowest BCUT2D eigenvalue weighted by molar-refractivity contribution is -0.136. The fourth-order valence-electron chi connectivity index (χ4n) is 3.94. The van der Waals surface area contributed by atoms with Crippen LogP contribution in [-0.2, 0) is 14.5 Å². The number of benzene rings is 2. The first kappa shape index (κ1) is 18.7. The van der Waals surface area contributed by atoms with Gasteiger partial charge in [0.25, 0.3) is 0 Å². The summed E-state index contributed by atoms with van der Waals surface area (Å²) < 4.78 is 10.5. The minimum atomic E-state index is -0.516. The molecule has 2 aromatic rings. The predicted molar refractivity (Wildman–Crippen MR) is 109 cm³/mol. The van der Waals surface area contributed by atoms with Crippen LogP contribution in [0.4, 0.5) is 5.69 Å². The number of thioether (sulfide) groups is 1. The summed E-state index contributed by atoms with van der Waals surface area (Å²) in [6.45, 7) is 0. The van der Waals surface area contributed by atoms with Gasteiger partial charge in [-0.25, -0.2) is 0 Å². The zero-order chi connectivity index (χ0) is 19.7. The molecule has 146 valence electrons. The van der Waals surface area contributed by atoms with Gasteiger partial charge >= 0.3 is 0 Å². The van der Waals surface area contributed by atoms with Gasteiger partial charge < -0.3 is 19.7 Å². The van der Waals surface area contributed by atoms with E-state index in [1.807, 2.05) is 30.3 Å². The Morgan fingerprint density at radius 1 is 1.14 bits per heavy atom. The molecule has 0 bridgehead atoms. The maximum absolute atomic E-state index is 13.1. The van der Waals surface area contributed by atoms with E-state index in [1.165, 1.54) is 0 Å². The van der Waals surface area contributed by atoms with Crippen molar-refractivity contribution < 1.29 is 19.1 Å². The van der Waals surface area contributed by atoms with Crippen molar-refractivity contribution in [2.24, 2.45) is 0 Å². The Balaban J connectivity index is 1.60. The number of carbonyl (C=O) groups excluding carboxylic acids is 2. The van der Waals surface area contributed by atoms with E-state index in [4.69, 9.17) is 9.47 Å². The third kappa shape index (κ3) is 3.09. The van der Waals surface area contributed by atoms with E-state index in [9.17, 15) is 9.59 Å². The summed E-state index contributed by atoms with van der Waals surface area (Å²) >= 11 is 1.67. The van der Waals surface area contributed by atoms with Crippen molar-refractivity contribution in [3.8, 4) is 11.5 Å². The monoisotopic (exact) mass is 398 g/mol. The van der Waals surface area contributed by atoms with Gasteiger partial charge in [-0.1, -0.05) is 30.3 Å². The molecule has 2 fully saturated rings. The topological polar surface area (TPSA) is 67.9 Å². The summed E-state index contributed by atoms with van der Waals surface area (Å²) in [6.07, 6.45) is 1.18. The Morgan fingerprint density at radius 2 is 1.82 bits per heavy atom. The van der Waals surface area contributed by atoms with Gasteiger partial charge in [0, 0.05) is 36.1 Å². The zero-order valence-corrected chi connectivity index (χ0v) is 16.6. The van der Waals surface area contributed by atoms with Crippen molar-refractivity contribution in [1.82, 2.24) is 4.90 Å². The Labute approximate surface area is 168 Å². The third-order valence-electron chi connectivity index (χ3n) is 5.27. The van der Waals surface area contributed by atoms with Crippen LogP contribution in [0.5, 0.6) is 11.5 Å². The number of hydrogen-bond donors (Lipinski definition) is 1. The van der Waals surface area contributed by atoms with Crippen LogP contribution in [0.3, 0.4) is 0 Å². The maximum Gasteiger partial charge on any atom is 0.248 e. The van der Waals surface area contributed by atoms with Crippen molar-refractivity contribution in [2.75, 3.05) is 25.3 Å². The SMILES string of the molecule is COc1cc(NC(=O)[C@H]2CS[C@]3(c4ccccc4)CCC(=O)N23)cc(OC)c1. The summed E-state index contributed by atoms with van der Waals surface area (Å²) in [5.74, 6) is 1.57. The van der Waals surface area contributed by atoms with Gasteiger partial charge in [0.05, 0.1) is 14.2 Å². The van der Waals surface area contributed by atoms with E-state index in [-0.39, 0.29) is 11.8 Å². The van der Waals surface area contributed by atoms with Crippen molar-refractivity contribution in [2.45, 2.75) is 23.8 Å². The van der Waals surface area contributed by atoms with Gasteiger partial charge in [-0.2, -0.15) is 0 Å². The number of nitrogens with one attached hydrogen (secondary N) is 1. The van der Waals surface area contributed by atoms with Crippen LogP contribution in [0.25, 0.3) is 0 Å². The molecule has 0 aromatic heterocycles. The summed E-state index contributed by atoms with van der Waals surface area (Å²) in [5.41, 5.74) is 1.65. The lowest BCUT2D eigenvalue weighted by Gasteiger charge is -2.34. The first-order valence-electron chi connectivity index (χ1n) is 9.13. The van der Waals surface area contributed by atoms with Crippen molar-refractivity contribution in [1.29, 1.82) is 0 Å². The van der Waals surface area contributed by atoms with E-state index >= 15 is 0 Å². The van der Waals surface area contributed by atoms with Gasteiger partial charge in [0.15, 0.2) is 0 Å². The Morgan fingerprint density at radius 3 is 2.46 bits per heavy atom. The zero-order valence-electron chi connectivity index (χ0n) is 15.8. The predicted octanol–water partition coefficient (Wildman–Crippen LogP) is 3.23. The average molecular weight is 398 g/mol. The van der Waals surface area contributed by atoms with E-state index < -0.39 is 10.9 Å². The highest BCUT2D eigenvalue weighted by Crippen LogP contribution is 2.54. The highest BCUT2D eigenvalue weighted by molar-refractivity contribution is 8.00. The van der Waals surface area contributed by atoms with Crippen molar-refractivity contribution in [3.05, 3.63) is 54.1 Å². The normalized spacial score (nSPS) is 23.4. The van der Waals surface area contributed by atoms with Crippen LogP contribution in [0.15, 0.2) is 48.5 Å². The number of carbonyl (C=O) groups is 2. The molecule has 7 heteroatoms. The molecule has 4 rings (SSSR count).